The van der Waals surface area contributed by atoms with Crippen LogP contribution in [0.3, 0.4) is 0 Å². The molecule has 6 heteroatoms. The standard InChI is InChI=1S/C15H19BrClN3S/c1-3-4-18-7-11-5-13(17)15(19-8-11)20(2)9-12-6-14(16)21-10-12/h5-6,8,10,18H,3-4,7,9H2,1-2H3. The normalized spacial score (nSPS) is 10.9. The minimum atomic E-state index is 0.697. The maximum Gasteiger partial charge on any atom is 0.147 e. The second-order valence-corrected chi connectivity index (χ2v) is 7.64. The monoisotopic (exact) mass is 387 g/mol. The van der Waals surface area contributed by atoms with Gasteiger partial charge in [-0.25, -0.2) is 4.98 Å². The Balaban J connectivity index is 2.02. The molecular formula is C15H19BrClN3S. The second kappa shape index (κ2) is 8.13. The lowest BCUT2D eigenvalue weighted by molar-refractivity contribution is 0.674. The van der Waals surface area contributed by atoms with Crippen molar-refractivity contribution in [3.05, 3.63) is 43.6 Å². The van der Waals surface area contributed by atoms with Gasteiger partial charge in [0, 0.05) is 26.3 Å². The van der Waals surface area contributed by atoms with Crippen LogP contribution in [0.4, 0.5) is 5.82 Å². The SMILES string of the molecule is CCCNCc1cnc(N(C)Cc2csc(Br)c2)c(Cl)c1. The van der Waals surface area contributed by atoms with E-state index in [4.69, 9.17) is 11.6 Å². The third kappa shape index (κ3) is 4.95. The molecule has 0 saturated heterocycles. The van der Waals surface area contributed by atoms with Gasteiger partial charge in [-0.2, -0.15) is 0 Å². The van der Waals surface area contributed by atoms with E-state index in [0.29, 0.717) is 5.02 Å². The van der Waals surface area contributed by atoms with Crippen LogP contribution in [0.15, 0.2) is 27.5 Å². The molecule has 0 amide bonds. The van der Waals surface area contributed by atoms with E-state index in [2.05, 4.69) is 49.5 Å². The molecule has 2 rings (SSSR count). The van der Waals surface area contributed by atoms with E-state index in [0.717, 1.165) is 41.2 Å². The van der Waals surface area contributed by atoms with E-state index in [1.54, 1.807) is 11.3 Å². The van der Waals surface area contributed by atoms with Gasteiger partial charge in [-0.1, -0.05) is 18.5 Å². The van der Waals surface area contributed by atoms with Gasteiger partial charge in [0.1, 0.15) is 5.82 Å². The van der Waals surface area contributed by atoms with Crippen molar-refractivity contribution in [2.75, 3.05) is 18.5 Å². The average molecular weight is 389 g/mol. The summed E-state index contributed by atoms with van der Waals surface area (Å²) in [5.74, 6) is 0.818. The fourth-order valence-electron chi connectivity index (χ4n) is 2.03. The summed E-state index contributed by atoms with van der Waals surface area (Å²) in [6.45, 7) is 4.76. The highest BCUT2D eigenvalue weighted by Gasteiger charge is 2.10. The van der Waals surface area contributed by atoms with Gasteiger partial charge < -0.3 is 10.2 Å². The molecule has 0 aliphatic heterocycles. The molecular weight excluding hydrogens is 370 g/mol. The largest absolute Gasteiger partial charge is 0.354 e. The lowest BCUT2D eigenvalue weighted by Crippen LogP contribution is -2.18. The molecule has 0 bridgehead atoms. The molecule has 3 nitrogen and oxygen atoms in total. The number of rotatable bonds is 7. The molecule has 0 saturated carbocycles. The Hall–Kier alpha value is -0.620. The van der Waals surface area contributed by atoms with Crippen LogP contribution in [0.2, 0.25) is 5.02 Å². The van der Waals surface area contributed by atoms with Gasteiger partial charge in [0.05, 0.1) is 8.81 Å². The summed E-state index contributed by atoms with van der Waals surface area (Å²) in [5.41, 5.74) is 2.37. The number of nitrogens with one attached hydrogen (secondary N) is 1. The lowest BCUT2D eigenvalue weighted by Gasteiger charge is -2.19. The molecule has 0 unspecified atom stereocenters. The number of nitrogens with zero attached hydrogens (tertiary/aromatic N) is 2. The zero-order valence-corrected chi connectivity index (χ0v) is 15.4. The van der Waals surface area contributed by atoms with Crippen molar-refractivity contribution < 1.29 is 0 Å². The van der Waals surface area contributed by atoms with Gasteiger partial charge in [-0.15, -0.1) is 11.3 Å². The third-order valence-electron chi connectivity index (χ3n) is 3.04. The van der Waals surface area contributed by atoms with E-state index < -0.39 is 0 Å². The van der Waals surface area contributed by atoms with Gasteiger partial charge in [0.25, 0.3) is 0 Å². The summed E-state index contributed by atoms with van der Waals surface area (Å²) in [4.78, 5) is 6.58. The first-order valence-electron chi connectivity index (χ1n) is 6.89. The van der Waals surface area contributed by atoms with Crippen molar-refractivity contribution in [3.63, 3.8) is 0 Å². The number of hydrogen-bond donors (Lipinski definition) is 1. The van der Waals surface area contributed by atoms with Crippen LogP contribution in [0, 0.1) is 0 Å². The van der Waals surface area contributed by atoms with Crippen LogP contribution in [0.25, 0.3) is 0 Å². The molecule has 0 aliphatic rings. The van der Waals surface area contributed by atoms with Gasteiger partial charge in [0.15, 0.2) is 0 Å². The van der Waals surface area contributed by atoms with E-state index in [1.807, 2.05) is 19.3 Å². The Morgan fingerprint density at radius 3 is 2.81 bits per heavy atom. The van der Waals surface area contributed by atoms with Gasteiger partial charge in [0.2, 0.25) is 0 Å². The van der Waals surface area contributed by atoms with Crippen LogP contribution in [-0.2, 0) is 13.1 Å². The lowest BCUT2D eigenvalue weighted by atomic mass is 10.2. The molecule has 0 atom stereocenters. The quantitative estimate of drug-likeness (QED) is 0.697. The predicted octanol–water partition coefficient (Wildman–Crippen LogP) is 4.70. The Morgan fingerprint density at radius 1 is 1.38 bits per heavy atom. The van der Waals surface area contributed by atoms with E-state index in [1.165, 1.54) is 5.56 Å². The number of anilines is 1. The molecule has 2 aromatic rings. The number of thiophene rings is 1. The summed E-state index contributed by atoms with van der Waals surface area (Å²) in [5, 5.41) is 6.19. The van der Waals surface area contributed by atoms with Gasteiger partial charge >= 0.3 is 0 Å². The molecule has 114 valence electrons. The summed E-state index contributed by atoms with van der Waals surface area (Å²) in [6.07, 6.45) is 3.02. The first-order chi connectivity index (χ1) is 10.1. The fraction of sp³-hybridized carbons (Fsp3) is 0.400. The summed E-state index contributed by atoms with van der Waals surface area (Å²) in [6, 6.07) is 4.12. The Labute approximate surface area is 143 Å². The molecule has 0 fully saturated rings. The molecule has 0 radical (unpaired) electrons. The summed E-state index contributed by atoms with van der Waals surface area (Å²) in [7, 11) is 2.01. The first kappa shape index (κ1) is 16.7. The highest BCUT2D eigenvalue weighted by molar-refractivity contribution is 9.11. The molecule has 0 aromatic carbocycles. The van der Waals surface area contributed by atoms with Crippen molar-refractivity contribution in [1.29, 1.82) is 0 Å². The second-order valence-electron chi connectivity index (χ2n) is 4.94. The van der Waals surface area contributed by atoms with Crippen molar-refractivity contribution in [2.45, 2.75) is 26.4 Å². The topological polar surface area (TPSA) is 28.2 Å². The van der Waals surface area contributed by atoms with Crippen LogP contribution in [0.5, 0.6) is 0 Å². The number of hydrogen-bond acceptors (Lipinski definition) is 4. The molecule has 21 heavy (non-hydrogen) atoms. The van der Waals surface area contributed by atoms with Crippen LogP contribution in [-0.4, -0.2) is 18.6 Å². The van der Waals surface area contributed by atoms with Crippen LogP contribution >= 0.6 is 38.9 Å². The zero-order valence-electron chi connectivity index (χ0n) is 12.2. The predicted molar refractivity (Wildman–Crippen MR) is 95.4 cm³/mol. The highest BCUT2D eigenvalue weighted by Crippen LogP contribution is 2.26. The highest BCUT2D eigenvalue weighted by atomic mass is 79.9. The Morgan fingerprint density at radius 2 is 2.19 bits per heavy atom. The van der Waals surface area contributed by atoms with Crippen molar-refractivity contribution in [2.24, 2.45) is 0 Å². The Kier molecular flexibility index (Phi) is 6.48. The first-order valence-corrected chi connectivity index (χ1v) is 8.94. The van der Waals surface area contributed by atoms with E-state index in [-0.39, 0.29) is 0 Å². The number of pyridine rings is 1. The smallest absolute Gasteiger partial charge is 0.147 e. The number of halogens is 2. The van der Waals surface area contributed by atoms with E-state index in [9.17, 15) is 0 Å². The molecule has 2 aromatic heterocycles. The maximum absolute atomic E-state index is 6.37. The van der Waals surface area contributed by atoms with Crippen LogP contribution in [0.1, 0.15) is 24.5 Å². The molecule has 1 N–H and O–H groups in total. The molecule has 0 spiro atoms. The van der Waals surface area contributed by atoms with E-state index >= 15 is 0 Å². The van der Waals surface area contributed by atoms with Gasteiger partial charge in [-0.05, 0) is 57.5 Å². The van der Waals surface area contributed by atoms with Crippen molar-refractivity contribution >= 4 is 44.7 Å². The maximum atomic E-state index is 6.37. The average Bonchev–Trinajstić information content (AvgIpc) is 2.84. The molecule has 2 heterocycles. The summed E-state index contributed by atoms with van der Waals surface area (Å²) >= 11 is 11.5. The minimum Gasteiger partial charge on any atom is -0.354 e. The zero-order chi connectivity index (χ0) is 15.2. The number of aromatic nitrogens is 1. The van der Waals surface area contributed by atoms with Crippen molar-refractivity contribution in [1.82, 2.24) is 10.3 Å². The van der Waals surface area contributed by atoms with Crippen molar-refractivity contribution in [3.8, 4) is 0 Å². The fourth-order valence-corrected chi connectivity index (χ4v) is 3.57. The minimum absolute atomic E-state index is 0.697. The molecule has 0 aliphatic carbocycles. The summed E-state index contributed by atoms with van der Waals surface area (Å²) < 4.78 is 1.14. The van der Waals surface area contributed by atoms with Crippen LogP contribution < -0.4 is 10.2 Å². The van der Waals surface area contributed by atoms with Gasteiger partial charge in [-0.3, -0.25) is 0 Å². The third-order valence-corrected chi connectivity index (χ3v) is 4.87. The Bertz CT molecular complexity index is 588.